The second-order valence-corrected chi connectivity index (χ2v) is 5.19. The first-order chi connectivity index (χ1) is 11.1. The molecule has 0 aliphatic heterocycles. The minimum absolute atomic E-state index is 0.597. The van der Waals surface area contributed by atoms with Crippen LogP contribution in [0.5, 0.6) is 17.2 Å². The highest BCUT2D eigenvalue weighted by atomic mass is 35.5. The van der Waals surface area contributed by atoms with E-state index in [4.69, 9.17) is 25.8 Å². The first-order valence-corrected chi connectivity index (χ1v) is 7.32. The minimum Gasteiger partial charge on any atom is -0.496 e. The summed E-state index contributed by atoms with van der Waals surface area (Å²) >= 11 is 6.09. The fourth-order valence-corrected chi connectivity index (χ4v) is 2.17. The Balaban J connectivity index is 2.22. The van der Waals surface area contributed by atoms with Crippen LogP contribution in [-0.2, 0) is 0 Å². The lowest BCUT2D eigenvalue weighted by Gasteiger charge is -2.11. The van der Waals surface area contributed by atoms with Gasteiger partial charge in [0.15, 0.2) is 11.5 Å². The number of halogens is 1. The van der Waals surface area contributed by atoms with Crippen LogP contribution in [0.4, 0.5) is 5.69 Å². The number of aryl methyl sites for hydroxylation is 1. The number of nitrogens with zero attached hydrogens (tertiary/aromatic N) is 1. The molecule has 2 aromatic carbocycles. The molecule has 23 heavy (non-hydrogen) atoms. The Labute approximate surface area is 140 Å². The van der Waals surface area contributed by atoms with Gasteiger partial charge in [0.1, 0.15) is 5.75 Å². The van der Waals surface area contributed by atoms with Crippen molar-refractivity contribution in [2.75, 3.05) is 26.8 Å². The zero-order chi connectivity index (χ0) is 16.8. The van der Waals surface area contributed by atoms with Gasteiger partial charge in [0.25, 0.3) is 0 Å². The van der Waals surface area contributed by atoms with E-state index in [9.17, 15) is 0 Å². The molecule has 0 aliphatic carbocycles. The summed E-state index contributed by atoms with van der Waals surface area (Å²) in [7, 11) is 4.75. The number of anilines is 1. The fraction of sp³-hybridized carbons (Fsp3) is 0.235. The van der Waals surface area contributed by atoms with E-state index in [1.807, 2.05) is 25.1 Å². The maximum absolute atomic E-state index is 6.09. The normalized spacial score (nSPS) is 10.7. The summed E-state index contributed by atoms with van der Waals surface area (Å²) in [5.74, 6) is 1.84. The molecular formula is C17H19ClN2O3. The van der Waals surface area contributed by atoms with Gasteiger partial charge in [0, 0.05) is 16.7 Å². The topological polar surface area (TPSA) is 52.1 Å². The predicted octanol–water partition coefficient (Wildman–Crippen LogP) is 4.12. The van der Waals surface area contributed by atoms with Crippen molar-refractivity contribution in [2.45, 2.75) is 6.92 Å². The molecule has 0 radical (unpaired) electrons. The highest BCUT2D eigenvalue weighted by Gasteiger charge is 2.10. The molecule has 122 valence electrons. The lowest BCUT2D eigenvalue weighted by atomic mass is 10.2. The second-order valence-electron chi connectivity index (χ2n) is 4.78. The van der Waals surface area contributed by atoms with Gasteiger partial charge in [-0.1, -0.05) is 17.7 Å². The maximum Gasteiger partial charge on any atom is 0.164 e. The molecule has 0 saturated heterocycles. The maximum atomic E-state index is 6.09. The lowest BCUT2D eigenvalue weighted by Crippen LogP contribution is -1.98. The van der Waals surface area contributed by atoms with Gasteiger partial charge in [-0.25, -0.2) is 0 Å². The molecular weight excluding hydrogens is 316 g/mol. The van der Waals surface area contributed by atoms with Gasteiger partial charge >= 0.3 is 0 Å². The Kier molecular flexibility index (Phi) is 5.71. The van der Waals surface area contributed by atoms with E-state index >= 15 is 0 Å². The third kappa shape index (κ3) is 4.07. The molecule has 0 saturated carbocycles. The molecule has 0 spiro atoms. The summed E-state index contributed by atoms with van der Waals surface area (Å²) in [6.07, 6.45) is 1.65. The van der Waals surface area contributed by atoms with Gasteiger partial charge in [-0.15, -0.1) is 0 Å². The van der Waals surface area contributed by atoms with Gasteiger partial charge in [-0.2, -0.15) is 5.10 Å². The molecule has 2 aromatic rings. The van der Waals surface area contributed by atoms with Crippen molar-refractivity contribution in [3.63, 3.8) is 0 Å². The van der Waals surface area contributed by atoms with Gasteiger partial charge < -0.3 is 14.2 Å². The second kappa shape index (κ2) is 7.74. The quantitative estimate of drug-likeness (QED) is 0.637. The molecule has 0 aromatic heterocycles. The molecule has 0 atom stereocenters. The predicted molar refractivity (Wildman–Crippen MR) is 93.5 cm³/mol. The average molecular weight is 335 g/mol. The van der Waals surface area contributed by atoms with E-state index in [2.05, 4.69) is 10.5 Å². The van der Waals surface area contributed by atoms with Crippen molar-refractivity contribution in [1.29, 1.82) is 0 Å². The Hall–Kier alpha value is -2.40. The molecule has 0 bridgehead atoms. The van der Waals surface area contributed by atoms with E-state index in [1.165, 1.54) is 0 Å². The minimum atomic E-state index is 0.597. The molecule has 1 N–H and O–H groups in total. The first kappa shape index (κ1) is 17.0. The van der Waals surface area contributed by atoms with Crippen molar-refractivity contribution in [3.8, 4) is 17.2 Å². The molecule has 5 nitrogen and oxygen atoms in total. The van der Waals surface area contributed by atoms with Crippen LogP contribution in [0.1, 0.15) is 11.1 Å². The number of methoxy groups -OCH3 is 3. The molecule has 0 aliphatic rings. The molecule has 0 amide bonds. The van der Waals surface area contributed by atoms with Crippen molar-refractivity contribution >= 4 is 23.5 Å². The van der Waals surface area contributed by atoms with E-state index in [0.717, 1.165) is 16.8 Å². The van der Waals surface area contributed by atoms with Crippen LogP contribution in [0.3, 0.4) is 0 Å². The number of rotatable bonds is 6. The lowest BCUT2D eigenvalue weighted by molar-refractivity contribution is 0.349. The summed E-state index contributed by atoms with van der Waals surface area (Å²) in [6.45, 7) is 1.95. The number of hydrogen-bond donors (Lipinski definition) is 1. The summed E-state index contributed by atoms with van der Waals surface area (Å²) in [4.78, 5) is 0. The van der Waals surface area contributed by atoms with Crippen LogP contribution in [0.2, 0.25) is 5.02 Å². The van der Waals surface area contributed by atoms with Crippen LogP contribution in [0, 0.1) is 6.92 Å². The van der Waals surface area contributed by atoms with Crippen molar-refractivity contribution in [1.82, 2.24) is 0 Å². The van der Waals surface area contributed by atoms with Gasteiger partial charge in [-0.05, 0) is 30.7 Å². The molecule has 0 unspecified atom stereocenters. The molecule has 2 rings (SSSR count). The van der Waals surface area contributed by atoms with Gasteiger partial charge in [-0.3, -0.25) is 5.43 Å². The number of hydrogen-bond acceptors (Lipinski definition) is 5. The standard InChI is InChI=1S/C17H19ClN2O3/c1-11-5-6-13(8-14(11)18)20-19-10-12-7-16(22-3)17(23-4)9-15(12)21-2/h5-10,20H,1-4H3/b19-10+. The van der Waals surface area contributed by atoms with E-state index in [0.29, 0.717) is 22.3 Å². The number of benzene rings is 2. The molecule has 0 fully saturated rings. The van der Waals surface area contributed by atoms with Crippen LogP contribution in [0.15, 0.2) is 35.4 Å². The smallest absolute Gasteiger partial charge is 0.164 e. The van der Waals surface area contributed by atoms with E-state index < -0.39 is 0 Å². The zero-order valence-electron chi connectivity index (χ0n) is 13.5. The Bertz CT molecular complexity index is 717. The highest BCUT2D eigenvalue weighted by Crippen LogP contribution is 2.33. The van der Waals surface area contributed by atoms with Crippen molar-refractivity contribution in [3.05, 3.63) is 46.5 Å². The highest BCUT2D eigenvalue weighted by molar-refractivity contribution is 6.31. The summed E-state index contributed by atoms with van der Waals surface area (Å²) in [5, 5.41) is 4.90. The third-order valence-corrected chi connectivity index (χ3v) is 3.71. The van der Waals surface area contributed by atoms with Crippen molar-refractivity contribution < 1.29 is 14.2 Å². The van der Waals surface area contributed by atoms with Crippen LogP contribution in [-0.4, -0.2) is 27.5 Å². The SMILES string of the molecule is COc1cc(OC)c(OC)cc1/C=N/Nc1ccc(C)c(Cl)c1. The third-order valence-electron chi connectivity index (χ3n) is 3.31. The van der Waals surface area contributed by atoms with Crippen LogP contribution >= 0.6 is 11.6 Å². The van der Waals surface area contributed by atoms with Crippen LogP contribution < -0.4 is 19.6 Å². The molecule has 6 heteroatoms. The van der Waals surface area contributed by atoms with E-state index in [1.54, 1.807) is 39.7 Å². The average Bonchev–Trinajstić information content (AvgIpc) is 2.57. The van der Waals surface area contributed by atoms with Gasteiger partial charge in [0.2, 0.25) is 0 Å². The summed E-state index contributed by atoms with van der Waals surface area (Å²) in [6, 6.07) is 9.20. The largest absolute Gasteiger partial charge is 0.496 e. The molecule has 0 heterocycles. The Morgan fingerprint density at radius 1 is 0.957 bits per heavy atom. The Morgan fingerprint density at radius 3 is 2.22 bits per heavy atom. The monoisotopic (exact) mass is 334 g/mol. The van der Waals surface area contributed by atoms with Crippen LogP contribution in [0.25, 0.3) is 0 Å². The van der Waals surface area contributed by atoms with E-state index in [-0.39, 0.29) is 0 Å². The first-order valence-electron chi connectivity index (χ1n) is 6.94. The van der Waals surface area contributed by atoms with Crippen molar-refractivity contribution in [2.24, 2.45) is 5.10 Å². The zero-order valence-corrected chi connectivity index (χ0v) is 14.3. The fourth-order valence-electron chi connectivity index (χ4n) is 1.99. The van der Waals surface area contributed by atoms with Gasteiger partial charge in [0.05, 0.1) is 33.2 Å². The number of nitrogens with one attached hydrogen (secondary N) is 1. The summed E-state index contributed by atoms with van der Waals surface area (Å²) in [5.41, 5.74) is 5.51. The summed E-state index contributed by atoms with van der Waals surface area (Å²) < 4.78 is 15.9. The number of ether oxygens (including phenoxy) is 3. The Morgan fingerprint density at radius 2 is 1.61 bits per heavy atom. The number of hydrazone groups is 1.